The van der Waals surface area contributed by atoms with Crippen LogP contribution >= 0.6 is 0 Å². The lowest BCUT2D eigenvalue weighted by atomic mass is 9.97. The molecule has 1 amide bonds. The number of hydrogen-bond donors (Lipinski definition) is 2. The summed E-state index contributed by atoms with van der Waals surface area (Å²) in [6, 6.07) is 8.39. The highest BCUT2D eigenvalue weighted by atomic mass is 16.5. The first-order chi connectivity index (χ1) is 11.7. The number of aliphatic hydroxyl groups is 1. The van der Waals surface area contributed by atoms with Crippen molar-refractivity contribution in [1.82, 2.24) is 5.32 Å². The molecule has 1 aromatic carbocycles. The molecule has 24 heavy (non-hydrogen) atoms. The molecule has 0 spiro atoms. The van der Waals surface area contributed by atoms with Crippen LogP contribution in [0.25, 0.3) is 0 Å². The number of benzene rings is 1. The number of rotatable bonds is 5. The van der Waals surface area contributed by atoms with Gasteiger partial charge in [-0.2, -0.15) is 0 Å². The van der Waals surface area contributed by atoms with Crippen molar-refractivity contribution in [1.29, 1.82) is 0 Å². The molecule has 0 radical (unpaired) electrons. The molecule has 2 N–H and O–H groups in total. The Balaban J connectivity index is 1.47. The van der Waals surface area contributed by atoms with E-state index < -0.39 is 0 Å². The van der Waals surface area contributed by atoms with Gasteiger partial charge in [0.05, 0.1) is 6.10 Å². The van der Waals surface area contributed by atoms with E-state index >= 15 is 0 Å². The average molecular weight is 332 g/mol. The molecule has 2 unspecified atom stereocenters. The lowest BCUT2D eigenvalue weighted by Crippen LogP contribution is -2.35. The molecule has 5 nitrogen and oxygen atoms in total. The van der Waals surface area contributed by atoms with Crippen LogP contribution in [0.1, 0.15) is 38.2 Å². The first kappa shape index (κ1) is 17.2. The summed E-state index contributed by atoms with van der Waals surface area (Å²) in [6.45, 7) is 4.85. The van der Waals surface area contributed by atoms with Crippen molar-refractivity contribution in [3.8, 4) is 0 Å². The number of piperidine rings is 1. The van der Waals surface area contributed by atoms with Crippen LogP contribution in [0.2, 0.25) is 0 Å². The minimum Gasteiger partial charge on any atom is -0.396 e. The molecule has 2 atom stereocenters. The molecule has 3 rings (SSSR count). The second kappa shape index (κ2) is 7.99. The third-order valence-corrected chi connectivity index (χ3v) is 5.17. The largest absolute Gasteiger partial charge is 0.396 e. The van der Waals surface area contributed by atoms with Crippen LogP contribution in [0.5, 0.6) is 0 Å². The van der Waals surface area contributed by atoms with E-state index in [1.807, 2.05) is 6.92 Å². The third-order valence-electron chi connectivity index (χ3n) is 5.17. The maximum absolute atomic E-state index is 12.1. The van der Waals surface area contributed by atoms with Gasteiger partial charge in [0, 0.05) is 31.9 Å². The van der Waals surface area contributed by atoms with E-state index in [4.69, 9.17) is 4.74 Å². The van der Waals surface area contributed by atoms with Gasteiger partial charge in [0.25, 0.3) is 0 Å². The fraction of sp³-hybridized carbons (Fsp3) is 0.632. The average Bonchev–Trinajstić information content (AvgIpc) is 3.07. The number of amides is 1. The van der Waals surface area contributed by atoms with Crippen molar-refractivity contribution in [2.45, 2.75) is 51.4 Å². The van der Waals surface area contributed by atoms with Gasteiger partial charge in [-0.05, 0) is 56.2 Å². The van der Waals surface area contributed by atoms with Gasteiger partial charge in [0.1, 0.15) is 6.10 Å². The second-order valence-electron chi connectivity index (χ2n) is 7.01. The van der Waals surface area contributed by atoms with E-state index in [0.29, 0.717) is 19.1 Å². The fourth-order valence-corrected chi connectivity index (χ4v) is 3.50. The van der Waals surface area contributed by atoms with Gasteiger partial charge in [0.2, 0.25) is 5.91 Å². The minimum absolute atomic E-state index is 0.00509. The number of carbonyl (C=O) groups excluding carboxylic acids is 1. The molecule has 2 aliphatic rings. The van der Waals surface area contributed by atoms with E-state index in [9.17, 15) is 9.90 Å². The number of anilines is 1. The van der Waals surface area contributed by atoms with Crippen LogP contribution in [0.4, 0.5) is 5.69 Å². The van der Waals surface area contributed by atoms with Crippen LogP contribution in [0, 0.1) is 5.92 Å². The first-order valence-corrected chi connectivity index (χ1v) is 9.03. The number of ether oxygens (including phenoxy) is 1. The topological polar surface area (TPSA) is 61.8 Å². The lowest BCUT2D eigenvalue weighted by molar-refractivity contribution is -0.131. The van der Waals surface area contributed by atoms with Crippen LogP contribution in [0.3, 0.4) is 0 Å². The first-order valence-electron chi connectivity index (χ1n) is 9.03. The molecule has 0 saturated carbocycles. The molecule has 2 heterocycles. The van der Waals surface area contributed by atoms with Crippen molar-refractivity contribution < 1.29 is 14.6 Å². The molecule has 5 heteroatoms. The van der Waals surface area contributed by atoms with Crippen molar-refractivity contribution in [2.24, 2.45) is 5.92 Å². The highest BCUT2D eigenvalue weighted by molar-refractivity contribution is 5.81. The summed E-state index contributed by atoms with van der Waals surface area (Å²) in [4.78, 5) is 14.4. The number of carbonyl (C=O) groups is 1. The number of aliphatic hydroxyl groups excluding tert-OH is 1. The summed E-state index contributed by atoms with van der Waals surface area (Å²) in [5.41, 5.74) is 2.32. The van der Waals surface area contributed by atoms with E-state index in [1.165, 1.54) is 5.69 Å². The quantitative estimate of drug-likeness (QED) is 0.867. The molecule has 2 aliphatic heterocycles. The summed E-state index contributed by atoms with van der Waals surface area (Å²) >= 11 is 0. The Morgan fingerprint density at radius 3 is 2.50 bits per heavy atom. The zero-order chi connectivity index (χ0) is 16.9. The van der Waals surface area contributed by atoms with Gasteiger partial charge >= 0.3 is 0 Å². The maximum atomic E-state index is 12.1. The minimum atomic E-state index is -0.285. The summed E-state index contributed by atoms with van der Waals surface area (Å²) in [5.74, 6) is 0.450. The van der Waals surface area contributed by atoms with Gasteiger partial charge < -0.3 is 20.1 Å². The van der Waals surface area contributed by atoms with E-state index in [-0.39, 0.29) is 18.1 Å². The molecule has 132 valence electrons. The number of nitrogens with zero attached hydrogens (tertiary/aromatic N) is 1. The summed E-state index contributed by atoms with van der Waals surface area (Å²) < 4.78 is 5.59. The fourth-order valence-electron chi connectivity index (χ4n) is 3.50. The van der Waals surface area contributed by atoms with E-state index in [0.717, 1.165) is 44.3 Å². The van der Waals surface area contributed by atoms with Gasteiger partial charge in [-0.1, -0.05) is 12.1 Å². The summed E-state index contributed by atoms with van der Waals surface area (Å²) in [7, 11) is 0. The van der Waals surface area contributed by atoms with E-state index in [2.05, 4.69) is 34.5 Å². The summed E-state index contributed by atoms with van der Waals surface area (Å²) in [6.07, 6.45) is 3.78. The highest BCUT2D eigenvalue weighted by Gasteiger charge is 2.27. The van der Waals surface area contributed by atoms with Crippen LogP contribution < -0.4 is 10.2 Å². The Bertz CT molecular complexity index is 538. The van der Waals surface area contributed by atoms with Crippen LogP contribution in [0.15, 0.2) is 24.3 Å². The van der Waals surface area contributed by atoms with Gasteiger partial charge in [0.15, 0.2) is 0 Å². The summed E-state index contributed by atoms with van der Waals surface area (Å²) in [5, 5.41) is 12.2. The SMILES string of the molecule is CC1CCC(C(=O)NCc2ccc(N3CCC(CO)CC3)cc2)O1. The molecule has 2 saturated heterocycles. The molecule has 0 bridgehead atoms. The number of hydrogen-bond acceptors (Lipinski definition) is 4. The number of nitrogens with one attached hydrogen (secondary N) is 1. The lowest BCUT2D eigenvalue weighted by Gasteiger charge is -2.33. The highest BCUT2D eigenvalue weighted by Crippen LogP contribution is 2.23. The van der Waals surface area contributed by atoms with Gasteiger partial charge in [-0.25, -0.2) is 0 Å². The smallest absolute Gasteiger partial charge is 0.249 e. The normalized spacial score (nSPS) is 25.0. The molecular formula is C19H28N2O3. The van der Waals surface area contributed by atoms with Crippen molar-refractivity contribution in [2.75, 3.05) is 24.6 Å². The zero-order valence-electron chi connectivity index (χ0n) is 14.4. The predicted octanol–water partition coefficient (Wildman–Crippen LogP) is 2.08. The monoisotopic (exact) mass is 332 g/mol. The standard InChI is InChI=1S/C19H28N2O3/c1-14-2-7-18(24-14)19(23)20-12-15-3-5-17(6-4-15)21-10-8-16(13-22)9-11-21/h3-6,14,16,18,22H,2,7-13H2,1H3,(H,20,23). The Hall–Kier alpha value is -1.59. The maximum Gasteiger partial charge on any atom is 0.249 e. The Morgan fingerprint density at radius 2 is 1.92 bits per heavy atom. The second-order valence-corrected chi connectivity index (χ2v) is 7.01. The van der Waals surface area contributed by atoms with Crippen molar-refractivity contribution >= 4 is 11.6 Å². The predicted molar refractivity (Wildman–Crippen MR) is 93.9 cm³/mol. The Labute approximate surface area is 144 Å². The molecule has 0 aromatic heterocycles. The molecule has 1 aromatic rings. The zero-order valence-corrected chi connectivity index (χ0v) is 14.4. The molecular weight excluding hydrogens is 304 g/mol. The van der Waals surface area contributed by atoms with Gasteiger partial charge in [-0.15, -0.1) is 0 Å². The van der Waals surface area contributed by atoms with Crippen LogP contribution in [-0.4, -0.2) is 42.9 Å². The molecule has 0 aliphatic carbocycles. The van der Waals surface area contributed by atoms with Crippen molar-refractivity contribution in [3.63, 3.8) is 0 Å². The Morgan fingerprint density at radius 1 is 1.21 bits per heavy atom. The van der Waals surface area contributed by atoms with E-state index in [1.54, 1.807) is 0 Å². The van der Waals surface area contributed by atoms with Crippen LogP contribution in [-0.2, 0) is 16.1 Å². The Kier molecular flexibility index (Phi) is 5.74. The third kappa shape index (κ3) is 4.28. The van der Waals surface area contributed by atoms with Crippen molar-refractivity contribution in [3.05, 3.63) is 29.8 Å². The van der Waals surface area contributed by atoms with Gasteiger partial charge in [-0.3, -0.25) is 4.79 Å². The molecule has 2 fully saturated rings.